The topological polar surface area (TPSA) is 43.4 Å². The molecule has 0 spiro atoms. The standard InChI is InChI=1S/C28H34O3/c1-19(2)7-9-23-11-15-25(16-12-23)21(5)27(29)31-28(30)22(6)26-17-13-24(14-18-26)10-8-20(3)4/h7-8,11-18,21-22H,9-10H2,1-6H3. The zero-order valence-corrected chi connectivity index (χ0v) is 19.6. The predicted octanol–water partition coefficient (Wildman–Crippen LogP) is 6.68. The number of carbonyl (C=O) groups is 2. The van der Waals surface area contributed by atoms with E-state index < -0.39 is 23.8 Å². The number of rotatable bonds is 8. The van der Waals surface area contributed by atoms with Gasteiger partial charge in [0.1, 0.15) is 0 Å². The van der Waals surface area contributed by atoms with Crippen molar-refractivity contribution in [3.05, 3.63) is 94.1 Å². The van der Waals surface area contributed by atoms with Crippen molar-refractivity contribution in [1.29, 1.82) is 0 Å². The van der Waals surface area contributed by atoms with Gasteiger partial charge in [-0.05, 0) is 76.6 Å². The van der Waals surface area contributed by atoms with Gasteiger partial charge in [0, 0.05) is 0 Å². The third kappa shape index (κ3) is 7.67. The number of esters is 2. The molecule has 0 radical (unpaired) electrons. The van der Waals surface area contributed by atoms with Crippen molar-refractivity contribution in [2.75, 3.05) is 0 Å². The summed E-state index contributed by atoms with van der Waals surface area (Å²) < 4.78 is 5.20. The third-order valence-electron chi connectivity index (χ3n) is 5.36. The van der Waals surface area contributed by atoms with E-state index in [4.69, 9.17) is 4.74 Å². The van der Waals surface area contributed by atoms with Crippen LogP contribution in [0.5, 0.6) is 0 Å². The molecule has 0 aliphatic carbocycles. The maximum Gasteiger partial charge on any atom is 0.320 e. The van der Waals surface area contributed by atoms with Crippen LogP contribution >= 0.6 is 0 Å². The number of carbonyl (C=O) groups excluding carboxylic acids is 2. The molecule has 0 aromatic heterocycles. The van der Waals surface area contributed by atoms with Crippen LogP contribution in [0, 0.1) is 0 Å². The van der Waals surface area contributed by atoms with Crippen LogP contribution in [0.1, 0.15) is 75.6 Å². The van der Waals surface area contributed by atoms with Crippen molar-refractivity contribution in [3.8, 4) is 0 Å². The zero-order valence-electron chi connectivity index (χ0n) is 19.6. The van der Waals surface area contributed by atoms with Crippen LogP contribution in [0.3, 0.4) is 0 Å². The molecule has 2 rings (SSSR count). The van der Waals surface area contributed by atoms with E-state index >= 15 is 0 Å². The second-order valence-corrected chi connectivity index (χ2v) is 8.64. The lowest BCUT2D eigenvalue weighted by molar-refractivity contribution is -0.161. The highest BCUT2D eigenvalue weighted by Gasteiger charge is 2.24. The highest BCUT2D eigenvalue weighted by Crippen LogP contribution is 2.22. The average molecular weight is 419 g/mol. The molecule has 3 heteroatoms. The van der Waals surface area contributed by atoms with E-state index in [0.29, 0.717) is 0 Å². The van der Waals surface area contributed by atoms with E-state index in [0.717, 1.165) is 24.0 Å². The van der Waals surface area contributed by atoms with Crippen molar-refractivity contribution in [3.63, 3.8) is 0 Å². The molecule has 0 heterocycles. The molecule has 0 N–H and O–H groups in total. The Balaban J connectivity index is 1.96. The van der Waals surface area contributed by atoms with Gasteiger partial charge < -0.3 is 4.74 Å². The first kappa shape index (κ1) is 24.3. The number of benzene rings is 2. The summed E-state index contributed by atoms with van der Waals surface area (Å²) in [5.41, 5.74) is 6.60. The normalized spacial score (nSPS) is 12.5. The van der Waals surface area contributed by atoms with Crippen molar-refractivity contribution in [2.24, 2.45) is 0 Å². The van der Waals surface area contributed by atoms with E-state index in [9.17, 15) is 9.59 Å². The molecule has 31 heavy (non-hydrogen) atoms. The summed E-state index contributed by atoms with van der Waals surface area (Å²) in [6, 6.07) is 15.8. The number of allylic oxidation sites excluding steroid dienone is 4. The van der Waals surface area contributed by atoms with E-state index in [1.54, 1.807) is 13.8 Å². The monoisotopic (exact) mass is 418 g/mol. The summed E-state index contributed by atoms with van der Waals surface area (Å²) in [4.78, 5) is 25.1. The van der Waals surface area contributed by atoms with E-state index in [1.165, 1.54) is 22.3 Å². The minimum atomic E-state index is -0.519. The first-order valence-corrected chi connectivity index (χ1v) is 10.9. The molecule has 2 aromatic carbocycles. The summed E-state index contributed by atoms with van der Waals surface area (Å²) in [6.07, 6.45) is 6.07. The molecule has 0 saturated carbocycles. The Morgan fingerprint density at radius 2 is 1.00 bits per heavy atom. The lowest BCUT2D eigenvalue weighted by atomic mass is 9.98. The number of hydrogen-bond acceptors (Lipinski definition) is 3. The quantitative estimate of drug-likeness (QED) is 0.273. The second-order valence-electron chi connectivity index (χ2n) is 8.64. The Hall–Kier alpha value is -2.94. The fourth-order valence-electron chi connectivity index (χ4n) is 3.08. The molecule has 3 nitrogen and oxygen atoms in total. The minimum Gasteiger partial charge on any atom is -0.392 e. The minimum absolute atomic E-state index is 0.500. The van der Waals surface area contributed by atoms with Crippen molar-refractivity contribution >= 4 is 11.9 Å². The second kappa shape index (κ2) is 11.5. The van der Waals surface area contributed by atoms with Gasteiger partial charge in [-0.1, -0.05) is 71.8 Å². The van der Waals surface area contributed by atoms with E-state index in [1.807, 2.05) is 48.5 Å². The van der Waals surface area contributed by atoms with Crippen LogP contribution < -0.4 is 0 Å². The molecule has 0 bridgehead atoms. The maximum atomic E-state index is 12.5. The summed E-state index contributed by atoms with van der Waals surface area (Å²) >= 11 is 0. The Bertz CT molecular complexity index is 859. The van der Waals surface area contributed by atoms with E-state index in [-0.39, 0.29) is 0 Å². The molecule has 2 unspecified atom stereocenters. The van der Waals surface area contributed by atoms with Crippen LogP contribution in [0.15, 0.2) is 71.8 Å². The fraction of sp³-hybridized carbons (Fsp3) is 0.357. The van der Waals surface area contributed by atoms with Gasteiger partial charge in [-0.3, -0.25) is 9.59 Å². The SMILES string of the molecule is CC(C)=CCc1ccc(C(C)C(=O)OC(=O)C(C)c2ccc(CC=C(C)C)cc2)cc1. The highest BCUT2D eigenvalue weighted by atomic mass is 16.6. The third-order valence-corrected chi connectivity index (χ3v) is 5.36. The Morgan fingerprint density at radius 3 is 1.29 bits per heavy atom. The molecule has 0 aliphatic rings. The first-order chi connectivity index (χ1) is 14.7. The Kier molecular flexibility index (Phi) is 8.99. The lowest BCUT2D eigenvalue weighted by Crippen LogP contribution is -2.21. The van der Waals surface area contributed by atoms with Crippen molar-refractivity contribution in [1.82, 2.24) is 0 Å². The first-order valence-electron chi connectivity index (χ1n) is 10.9. The summed E-state index contributed by atoms with van der Waals surface area (Å²) in [6.45, 7) is 11.8. The van der Waals surface area contributed by atoms with Crippen molar-refractivity contribution in [2.45, 2.75) is 66.2 Å². The van der Waals surface area contributed by atoms with Crippen LogP contribution in [0.4, 0.5) is 0 Å². The summed E-state index contributed by atoms with van der Waals surface area (Å²) in [7, 11) is 0. The van der Waals surface area contributed by atoms with Gasteiger partial charge in [-0.15, -0.1) is 0 Å². The Labute approximate surface area is 186 Å². The fourth-order valence-corrected chi connectivity index (χ4v) is 3.08. The number of ether oxygens (including phenoxy) is 1. The summed E-state index contributed by atoms with van der Waals surface area (Å²) in [5, 5.41) is 0. The molecule has 2 atom stereocenters. The van der Waals surface area contributed by atoms with E-state index in [2.05, 4.69) is 39.8 Å². The lowest BCUT2D eigenvalue weighted by Gasteiger charge is -2.15. The van der Waals surface area contributed by atoms with Crippen LogP contribution in [0.2, 0.25) is 0 Å². The number of hydrogen-bond donors (Lipinski definition) is 0. The molecule has 2 aromatic rings. The van der Waals surface area contributed by atoms with Gasteiger partial charge in [0.2, 0.25) is 0 Å². The molecular formula is C28H34O3. The average Bonchev–Trinajstić information content (AvgIpc) is 2.75. The van der Waals surface area contributed by atoms with Gasteiger partial charge in [0.25, 0.3) is 0 Å². The van der Waals surface area contributed by atoms with Crippen molar-refractivity contribution < 1.29 is 14.3 Å². The van der Waals surface area contributed by atoms with Gasteiger partial charge >= 0.3 is 11.9 Å². The van der Waals surface area contributed by atoms with Gasteiger partial charge in [0.15, 0.2) is 0 Å². The van der Waals surface area contributed by atoms with Gasteiger partial charge in [-0.25, -0.2) is 0 Å². The smallest absolute Gasteiger partial charge is 0.320 e. The molecule has 164 valence electrons. The Morgan fingerprint density at radius 1 is 0.677 bits per heavy atom. The zero-order chi connectivity index (χ0) is 23.0. The van der Waals surface area contributed by atoms with Crippen LogP contribution in [0.25, 0.3) is 0 Å². The molecule has 0 saturated heterocycles. The highest BCUT2D eigenvalue weighted by molar-refractivity contribution is 5.92. The molecule has 0 fully saturated rings. The van der Waals surface area contributed by atoms with Crippen LogP contribution in [-0.2, 0) is 27.2 Å². The van der Waals surface area contributed by atoms with Gasteiger partial charge in [0.05, 0.1) is 11.8 Å². The van der Waals surface area contributed by atoms with Gasteiger partial charge in [-0.2, -0.15) is 0 Å². The molecular weight excluding hydrogens is 384 g/mol. The molecule has 0 amide bonds. The predicted molar refractivity (Wildman–Crippen MR) is 127 cm³/mol. The van der Waals surface area contributed by atoms with Crippen LogP contribution in [-0.4, -0.2) is 11.9 Å². The maximum absolute atomic E-state index is 12.5. The summed E-state index contributed by atoms with van der Waals surface area (Å²) in [5.74, 6) is -2.04. The molecule has 0 aliphatic heterocycles. The largest absolute Gasteiger partial charge is 0.392 e.